The molecule has 1 aromatic rings. The van der Waals surface area contributed by atoms with Gasteiger partial charge in [0.15, 0.2) is 5.96 Å². The first-order valence-corrected chi connectivity index (χ1v) is 7.46. The van der Waals surface area contributed by atoms with Crippen molar-refractivity contribution in [3.05, 3.63) is 35.9 Å². The summed E-state index contributed by atoms with van der Waals surface area (Å²) in [7, 11) is 1.93. The van der Waals surface area contributed by atoms with Gasteiger partial charge in [-0.15, -0.1) is 24.0 Å². The number of carbonyl (C=O) groups is 1. The van der Waals surface area contributed by atoms with Crippen molar-refractivity contribution in [2.45, 2.75) is 32.4 Å². The number of halogens is 1. The topological polar surface area (TPSA) is 61.9 Å². The molecule has 0 radical (unpaired) electrons. The average Bonchev–Trinajstić information content (AvgIpc) is 3.35. The van der Waals surface area contributed by atoms with Crippen molar-refractivity contribution in [1.82, 2.24) is 9.80 Å². The van der Waals surface area contributed by atoms with Crippen LogP contribution in [-0.2, 0) is 11.3 Å². The largest absolute Gasteiger partial charge is 0.370 e. The molecule has 0 saturated heterocycles. The van der Waals surface area contributed by atoms with Crippen molar-refractivity contribution >= 4 is 35.8 Å². The van der Waals surface area contributed by atoms with Crippen LogP contribution in [0.25, 0.3) is 0 Å². The minimum absolute atomic E-state index is 0. The summed E-state index contributed by atoms with van der Waals surface area (Å²) < 4.78 is 0. The summed E-state index contributed by atoms with van der Waals surface area (Å²) >= 11 is 0. The molecule has 0 heterocycles. The van der Waals surface area contributed by atoms with Gasteiger partial charge < -0.3 is 15.5 Å². The van der Waals surface area contributed by atoms with Crippen molar-refractivity contribution in [3.8, 4) is 0 Å². The Labute approximate surface area is 149 Å². The Bertz CT molecular complexity index is 502. The molecule has 0 atom stereocenters. The maximum absolute atomic E-state index is 12.2. The number of guanidine groups is 1. The molecule has 1 aliphatic carbocycles. The highest BCUT2D eigenvalue weighted by atomic mass is 127. The minimum Gasteiger partial charge on any atom is -0.370 e. The lowest BCUT2D eigenvalue weighted by molar-refractivity contribution is -0.130. The minimum atomic E-state index is 0. The molecule has 2 rings (SSSR count). The van der Waals surface area contributed by atoms with Gasteiger partial charge in [0, 0.05) is 26.2 Å². The molecule has 0 aliphatic heterocycles. The van der Waals surface area contributed by atoms with Gasteiger partial charge in [-0.3, -0.25) is 4.79 Å². The monoisotopic (exact) mass is 416 g/mol. The molecular weight excluding hydrogens is 391 g/mol. The Balaban J connectivity index is 0.00000242. The Kier molecular flexibility index (Phi) is 7.64. The van der Waals surface area contributed by atoms with Crippen LogP contribution in [0.4, 0.5) is 0 Å². The predicted molar refractivity (Wildman–Crippen MR) is 100 cm³/mol. The zero-order valence-electron chi connectivity index (χ0n) is 13.2. The maximum Gasteiger partial charge on any atom is 0.244 e. The van der Waals surface area contributed by atoms with Gasteiger partial charge in [-0.1, -0.05) is 30.3 Å². The Morgan fingerprint density at radius 3 is 2.50 bits per heavy atom. The van der Waals surface area contributed by atoms with Gasteiger partial charge in [-0.2, -0.15) is 0 Å². The number of likely N-dealkylation sites (N-methyl/N-ethyl adjacent to an activating group) is 1. The van der Waals surface area contributed by atoms with Gasteiger partial charge in [0.25, 0.3) is 0 Å². The number of rotatable bonds is 6. The third-order valence-electron chi connectivity index (χ3n) is 3.78. The average molecular weight is 416 g/mol. The molecule has 0 aromatic heterocycles. The second-order valence-corrected chi connectivity index (χ2v) is 5.41. The van der Waals surface area contributed by atoms with Crippen LogP contribution in [0.5, 0.6) is 0 Å². The third kappa shape index (κ3) is 5.47. The molecule has 22 heavy (non-hydrogen) atoms. The summed E-state index contributed by atoms with van der Waals surface area (Å²) in [4.78, 5) is 20.2. The molecule has 1 fully saturated rings. The van der Waals surface area contributed by atoms with Gasteiger partial charge in [-0.25, -0.2) is 4.99 Å². The number of carbonyl (C=O) groups excluding carboxylic acids is 1. The fourth-order valence-corrected chi connectivity index (χ4v) is 2.19. The van der Waals surface area contributed by atoms with Crippen LogP contribution in [0.2, 0.25) is 0 Å². The lowest BCUT2D eigenvalue weighted by Gasteiger charge is -2.21. The quantitative estimate of drug-likeness (QED) is 0.439. The van der Waals surface area contributed by atoms with Crippen LogP contribution in [0.15, 0.2) is 35.3 Å². The number of aliphatic imine (C=N–C) groups is 1. The number of nitrogens with two attached hydrogens (primary N) is 1. The van der Waals surface area contributed by atoms with E-state index in [0.717, 1.165) is 18.4 Å². The summed E-state index contributed by atoms with van der Waals surface area (Å²) in [6.07, 6.45) is 2.32. The Hall–Kier alpha value is -1.31. The number of benzene rings is 1. The first kappa shape index (κ1) is 18.7. The van der Waals surface area contributed by atoms with Crippen molar-refractivity contribution in [2.24, 2.45) is 10.7 Å². The van der Waals surface area contributed by atoms with Crippen molar-refractivity contribution in [2.75, 3.05) is 20.1 Å². The SMILES string of the molecule is CCN(Cc1ccccc1)C(=O)CN=C(N)N(C)C1CC1.I. The summed E-state index contributed by atoms with van der Waals surface area (Å²) in [5.41, 5.74) is 7.03. The zero-order valence-corrected chi connectivity index (χ0v) is 15.6. The van der Waals surface area contributed by atoms with E-state index in [-0.39, 0.29) is 36.4 Å². The van der Waals surface area contributed by atoms with Crippen LogP contribution >= 0.6 is 24.0 Å². The fourth-order valence-electron chi connectivity index (χ4n) is 2.19. The summed E-state index contributed by atoms with van der Waals surface area (Å²) in [5, 5.41) is 0. The van der Waals surface area contributed by atoms with Crippen LogP contribution in [0, 0.1) is 0 Å². The molecule has 2 N–H and O–H groups in total. The van der Waals surface area contributed by atoms with Crippen molar-refractivity contribution in [3.63, 3.8) is 0 Å². The second kappa shape index (κ2) is 8.97. The second-order valence-electron chi connectivity index (χ2n) is 5.41. The molecular formula is C16H25IN4O. The van der Waals surface area contributed by atoms with E-state index in [1.807, 2.05) is 49.2 Å². The standard InChI is InChI=1S/C16H24N4O.HI/c1-3-20(12-13-7-5-4-6-8-13)15(21)11-18-16(17)19(2)14-9-10-14;/h4-8,14H,3,9-12H2,1-2H3,(H2,17,18);1H. The lowest BCUT2D eigenvalue weighted by Crippen LogP contribution is -2.38. The molecule has 1 aliphatic rings. The lowest BCUT2D eigenvalue weighted by atomic mass is 10.2. The molecule has 1 saturated carbocycles. The van der Waals surface area contributed by atoms with Gasteiger partial charge >= 0.3 is 0 Å². The van der Waals surface area contributed by atoms with Gasteiger partial charge in [0.2, 0.25) is 5.91 Å². The Morgan fingerprint density at radius 1 is 1.32 bits per heavy atom. The molecule has 5 nitrogen and oxygen atoms in total. The van der Waals surface area contributed by atoms with Crippen LogP contribution < -0.4 is 5.73 Å². The molecule has 0 spiro atoms. The molecule has 6 heteroatoms. The molecule has 122 valence electrons. The van der Waals surface area contributed by atoms with Gasteiger partial charge in [0.05, 0.1) is 0 Å². The van der Waals surface area contributed by atoms with E-state index < -0.39 is 0 Å². The smallest absolute Gasteiger partial charge is 0.244 e. The first-order valence-electron chi connectivity index (χ1n) is 7.46. The van der Waals surface area contributed by atoms with Gasteiger partial charge in [0.1, 0.15) is 6.54 Å². The third-order valence-corrected chi connectivity index (χ3v) is 3.78. The van der Waals surface area contributed by atoms with Crippen LogP contribution in [0.1, 0.15) is 25.3 Å². The highest BCUT2D eigenvalue weighted by Gasteiger charge is 2.27. The zero-order chi connectivity index (χ0) is 15.2. The van der Waals surface area contributed by atoms with Crippen LogP contribution in [-0.4, -0.2) is 47.8 Å². The molecule has 0 bridgehead atoms. The highest BCUT2D eigenvalue weighted by molar-refractivity contribution is 14.0. The van der Waals surface area contributed by atoms with E-state index in [1.165, 1.54) is 0 Å². The maximum atomic E-state index is 12.2. The summed E-state index contributed by atoms with van der Waals surface area (Å²) in [6, 6.07) is 10.5. The van der Waals surface area contributed by atoms with E-state index in [9.17, 15) is 4.79 Å². The highest BCUT2D eigenvalue weighted by Crippen LogP contribution is 2.24. The molecule has 0 unspecified atom stereocenters. The van der Waals surface area contributed by atoms with Crippen molar-refractivity contribution < 1.29 is 4.79 Å². The number of hydrogen-bond donors (Lipinski definition) is 1. The summed E-state index contributed by atoms with van der Waals surface area (Å²) in [5.74, 6) is 0.468. The first-order chi connectivity index (χ1) is 10.1. The molecule has 1 amide bonds. The van der Waals surface area contributed by atoms with Crippen molar-refractivity contribution in [1.29, 1.82) is 0 Å². The van der Waals surface area contributed by atoms with E-state index in [2.05, 4.69) is 4.99 Å². The number of hydrogen-bond acceptors (Lipinski definition) is 2. The van der Waals surface area contributed by atoms with E-state index in [4.69, 9.17) is 5.73 Å². The van der Waals surface area contributed by atoms with Gasteiger partial charge in [-0.05, 0) is 25.3 Å². The molecule has 1 aromatic carbocycles. The van der Waals surface area contributed by atoms with E-state index in [0.29, 0.717) is 25.1 Å². The predicted octanol–water partition coefficient (Wildman–Crippen LogP) is 2.06. The Morgan fingerprint density at radius 2 is 1.95 bits per heavy atom. The van der Waals surface area contributed by atoms with E-state index in [1.54, 1.807) is 4.90 Å². The number of nitrogens with zero attached hydrogens (tertiary/aromatic N) is 3. The fraction of sp³-hybridized carbons (Fsp3) is 0.500. The number of amides is 1. The van der Waals surface area contributed by atoms with E-state index >= 15 is 0 Å². The normalized spacial score (nSPS) is 14.2. The van der Waals surface area contributed by atoms with Crippen LogP contribution in [0.3, 0.4) is 0 Å². The summed E-state index contributed by atoms with van der Waals surface area (Å²) in [6.45, 7) is 3.37.